The van der Waals surface area contributed by atoms with Gasteiger partial charge < -0.3 is 9.73 Å². The summed E-state index contributed by atoms with van der Waals surface area (Å²) in [4.78, 5) is 4.46. The maximum Gasteiger partial charge on any atom is 0.244 e. The number of benzene rings is 1. The van der Waals surface area contributed by atoms with Crippen LogP contribution >= 0.6 is 11.6 Å². The third kappa shape index (κ3) is 4.06. The average molecular weight is 418 g/mol. The molecule has 0 bridgehead atoms. The highest BCUT2D eigenvalue weighted by Gasteiger charge is 2.27. The quantitative estimate of drug-likeness (QED) is 0.643. The van der Waals surface area contributed by atoms with Crippen molar-refractivity contribution in [1.29, 1.82) is 0 Å². The molecule has 0 amide bonds. The Morgan fingerprint density at radius 2 is 1.79 bits per heavy atom. The largest absolute Gasteiger partial charge is 0.459 e. The summed E-state index contributed by atoms with van der Waals surface area (Å²) in [6.45, 7) is 1.60. The van der Waals surface area contributed by atoms with Gasteiger partial charge in [0.15, 0.2) is 0 Å². The first kappa shape index (κ1) is 19.0. The fourth-order valence-electron chi connectivity index (χ4n) is 3.13. The highest BCUT2D eigenvalue weighted by Crippen LogP contribution is 2.25. The van der Waals surface area contributed by atoms with Crippen molar-refractivity contribution in [2.75, 3.05) is 18.4 Å². The molecular formula is C20H20ClN3O3S. The Balaban J connectivity index is 1.40. The van der Waals surface area contributed by atoms with Crippen LogP contribution in [0.25, 0.3) is 11.3 Å². The summed E-state index contributed by atoms with van der Waals surface area (Å²) in [5.74, 6) is 2.10. The molecule has 0 radical (unpaired) electrons. The van der Waals surface area contributed by atoms with Crippen molar-refractivity contribution >= 4 is 27.4 Å². The topological polar surface area (TPSA) is 75.4 Å². The van der Waals surface area contributed by atoms with Gasteiger partial charge in [0.1, 0.15) is 22.2 Å². The number of nitrogens with zero attached hydrogens (tertiary/aromatic N) is 2. The Hall–Kier alpha value is -2.35. The highest BCUT2D eigenvalue weighted by atomic mass is 35.5. The van der Waals surface area contributed by atoms with Gasteiger partial charge >= 0.3 is 0 Å². The van der Waals surface area contributed by atoms with Crippen LogP contribution in [0.15, 0.2) is 64.0 Å². The Morgan fingerprint density at radius 3 is 2.46 bits per heavy atom. The molecule has 6 nitrogen and oxygen atoms in total. The molecule has 3 heterocycles. The molecule has 0 atom stereocenters. The van der Waals surface area contributed by atoms with Gasteiger partial charge in [-0.15, -0.1) is 0 Å². The Morgan fingerprint density at radius 1 is 1.04 bits per heavy atom. The molecule has 8 heteroatoms. The molecular weight excluding hydrogens is 398 g/mol. The minimum Gasteiger partial charge on any atom is -0.459 e. The predicted octanol–water partition coefficient (Wildman–Crippen LogP) is 4.39. The first-order chi connectivity index (χ1) is 13.5. The SMILES string of the molecule is O=S(=O)(c1ccc(NCc2ccc(-c3ccc(Cl)cc3)o2)nc1)N1CCCC1. The van der Waals surface area contributed by atoms with E-state index in [-0.39, 0.29) is 4.90 Å². The summed E-state index contributed by atoms with van der Waals surface area (Å²) < 4.78 is 32.4. The van der Waals surface area contributed by atoms with Crippen molar-refractivity contribution in [3.63, 3.8) is 0 Å². The molecule has 28 heavy (non-hydrogen) atoms. The van der Waals surface area contributed by atoms with E-state index in [1.165, 1.54) is 10.5 Å². The van der Waals surface area contributed by atoms with Crippen LogP contribution < -0.4 is 5.32 Å². The zero-order valence-electron chi connectivity index (χ0n) is 15.1. The van der Waals surface area contributed by atoms with E-state index < -0.39 is 10.0 Å². The van der Waals surface area contributed by atoms with Crippen LogP contribution in [0.3, 0.4) is 0 Å². The second-order valence-electron chi connectivity index (χ2n) is 6.62. The van der Waals surface area contributed by atoms with Gasteiger partial charge in [0, 0.05) is 29.9 Å². The molecule has 1 N–H and O–H groups in total. The molecule has 0 spiro atoms. The molecule has 0 aliphatic carbocycles. The zero-order chi connectivity index (χ0) is 19.6. The van der Waals surface area contributed by atoms with Crippen LogP contribution in [-0.4, -0.2) is 30.8 Å². The van der Waals surface area contributed by atoms with Gasteiger partial charge in [-0.25, -0.2) is 13.4 Å². The predicted molar refractivity (Wildman–Crippen MR) is 109 cm³/mol. The van der Waals surface area contributed by atoms with Crippen molar-refractivity contribution in [2.24, 2.45) is 0 Å². The number of pyridine rings is 1. The number of rotatable bonds is 6. The summed E-state index contributed by atoms with van der Waals surface area (Å²) in [6, 6.07) is 14.5. The first-order valence-corrected chi connectivity index (χ1v) is 10.9. The molecule has 1 aromatic carbocycles. The molecule has 146 valence electrons. The molecule has 1 aliphatic heterocycles. The summed E-state index contributed by atoms with van der Waals surface area (Å²) in [5.41, 5.74) is 0.949. The maximum absolute atomic E-state index is 12.5. The lowest BCUT2D eigenvalue weighted by molar-refractivity contribution is 0.477. The zero-order valence-corrected chi connectivity index (χ0v) is 16.7. The first-order valence-electron chi connectivity index (χ1n) is 9.07. The molecule has 1 fully saturated rings. The lowest BCUT2D eigenvalue weighted by Gasteiger charge is -2.15. The maximum atomic E-state index is 12.5. The highest BCUT2D eigenvalue weighted by molar-refractivity contribution is 7.89. The van der Waals surface area contributed by atoms with Gasteiger partial charge in [0.05, 0.1) is 6.54 Å². The number of anilines is 1. The van der Waals surface area contributed by atoms with Gasteiger partial charge in [-0.1, -0.05) is 11.6 Å². The summed E-state index contributed by atoms with van der Waals surface area (Å²) in [5, 5.41) is 3.83. The smallest absolute Gasteiger partial charge is 0.244 e. The van der Waals surface area contributed by atoms with Gasteiger partial charge in [-0.3, -0.25) is 0 Å². The lowest BCUT2D eigenvalue weighted by atomic mass is 10.2. The van der Waals surface area contributed by atoms with Crippen molar-refractivity contribution in [2.45, 2.75) is 24.3 Å². The van der Waals surface area contributed by atoms with Gasteiger partial charge in [0.25, 0.3) is 0 Å². The number of nitrogens with one attached hydrogen (secondary N) is 1. The molecule has 2 aromatic heterocycles. The van der Waals surface area contributed by atoms with Crippen molar-refractivity contribution in [3.8, 4) is 11.3 Å². The fourth-order valence-corrected chi connectivity index (χ4v) is 4.72. The van der Waals surface area contributed by atoms with Crippen LogP contribution in [0.5, 0.6) is 0 Å². The third-order valence-corrected chi connectivity index (χ3v) is 6.81. The van der Waals surface area contributed by atoms with E-state index in [1.807, 2.05) is 36.4 Å². The number of hydrogen-bond donors (Lipinski definition) is 1. The van der Waals surface area contributed by atoms with Crippen LogP contribution in [-0.2, 0) is 16.6 Å². The number of furan rings is 1. The summed E-state index contributed by atoms with van der Waals surface area (Å²) >= 11 is 5.91. The summed E-state index contributed by atoms with van der Waals surface area (Å²) in [7, 11) is -3.44. The van der Waals surface area contributed by atoms with Crippen molar-refractivity contribution < 1.29 is 12.8 Å². The Kier molecular flexibility index (Phi) is 5.39. The van der Waals surface area contributed by atoms with Crippen molar-refractivity contribution in [1.82, 2.24) is 9.29 Å². The second-order valence-corrected chi connectivity index (χ2v) is 8.99. The van der Waals surface area contributed by atoms with Gasteiger partial charge in [-0.2, -0.15) is 4.31 Å². The Bertz CT molecular complexity index is 1040. The van der Waals surface area contributed by atoms with E-state index in [4.69, 9.17) is 16.0 Å². The fraction of sp³-hybridized carbons (Fsp3) is 0.250. The van der Waals surface area contributed by atoms with Crippen LogP contribution in [0.1, 0.15) is 18.6 Å². The molecule has 4 rings (SSSR count). The Labute approximate surface area is 169 Å². The monoisotopic (exact) mass is 417 g/mol. The number of sulfonamides is 1. The molecule has 0 unspecified atom stereocenters. The molecule has 3 aromatic rings. The van der Waals surface area contributed by atoms with Gasteiger partial charge in [-0.05, 0) is 61.4 Å². The van der Waals surface area contributed by atoms with Crippen LogP contribution in [0.4, 0.5) is 5.82 Å². The number of aromatic nitrogens is 1. The van der Waals surface area contributed by atoms with Crippen molar-refractivity contribution in [3.05, 3.63) is 65.5 Å². The van der Waals surface area contributed by atoms with Gasteiger partial charge in [0.2, 0.25) is 10.0 Å². The summed E-state index contributed by atoms with van der Waals surface area (Å²) in [6.07, 6.45) is 3.22. The van der Waals surface area contributed by atoms with Crippen LogP contribution in [0.2, 0.25) is 5.02 Å². The van der Waals surface area contributed by atoms with E-state index in [0.29, 0.717) is 30.5 Å². The lowest BCUT2D eigenvalue weighted by Crippen LogP contribution is -2.27. The van der Waals surface area contributed by atoms with E-state index in [1.54, 1.807) is 12.1 Å². The van der Waals surface area contributed by atoms with Crippen LogP contribution in [0, 0.1) is 0 Å². The van der Waals surface area contributed by atoms with E-state index in [2.05, 4.69) is 10.3 Å². The normalized spacial score (nSPS) is 15.0. The second kappa shape index (κ2) is 7.95. The average Bonchev–Trinajstić information content (AvgIpc) is 3.40. The molecule has 0 saturated carbocycles. The number of halogens is 1. The third-order valence-electron chi connectivity index (χ3n) is 4.67. The molecule has 1 aliphatic rings. The molecule has 1 saturated heterocycles. The van der Waals surface area contributed by atoms with E-state index >= 15 is 0 Å². The van der Waals surface area contributed by atoms with E-state index in [0.717, 1.165) is 29.9 Å². The number of hydrogen-bond acceptors (Lipinski definition) is 5. The minimum absolute atomic E-state index is 0.225. The van der Waals surface area contributed by atoms with E-state index in [9.17, 15) is 8.42 Å². The minimum atomic E-state index is -3.44. The standard InChI is InChI=1S/C20H20ClN3O3S/c21-16-5-3-15(4-6-16)19-9-7-17(27-19)13-22-20-10-8-18(14-23-20)28(25,26)24-11-1-2-12-24/h3-10,14H,1-2,11-13H2,(H,22,23).